The maximum absolute atomic E-state index is 14.2. The third kappa shape index (κ3) is 4.62. The fourth-order valence-electron chi connectivity index (χ4n) is 3.90. The summed E-state index contributed by atoms with van der Waals surface area (Å²) in [6, 6.07) is 8.10. The SMILES string of the molecule is COCCN1C(=O)NC(c2ccc(OC)c(O)c2)C(c2nc(-c3ccc(OC)c(F)c3)no2)=C1C. The first kappa shape index (κ1) is 24.0. The van der Waals surface area contributed by atoms with E-state index in [-0.39, 0.29) is 29.2 Å². The number of aromatic nitrogens is 2. The van der Waals surface area contributed by atoms with Gasteiger partial charge in [-0.15, -0.1) is 0 Å². The number of aromatic hydroxyl groups is 1. The molecule has 184 valence electrons. The van der Waals surface area contributed by atoms with Crippen LogP contribution < -0.4 is 14.8 Å². The Hall–Kier alpha value is -4.12. The maximum Gasteiger partial charge on any atom is 0.322 e. The van der Waals surface area contributed by atoms with Gasteiger partial charge in [0.15, 0.2) is 23.1 Å². The molecule has 4 rings (SSSR count). The van der Waals surface area contributed by atoms with Gasteiger partial charge in [-0.05, 0) is 42.8 Å². The number of nitrogens with zero attached hydrogens (tertiary/aromatic N) is 3. The minimum Gasteiger partial charge on any atom is -0.504 e. The summed E-state index contributed by atoms with van der Waals surface area (Å²) < 4.78 is 35.0. The molecular formula is C24H25FN4O6. The molecule has 0 spiro atoms. The van der Waals surface area contributed by atoms with Crippen LogP contribution in [0.5, 0.6) is 17.2 Å². The van der Waals surface area contributed by atoms with Crippen LogP contribution in [0.2, 0.25) is 0 Å². The molecule has 10 nitrogen and oxygen atoms in total. The molecule has 0 radical (unpaired) electrons. The minimum atomic E-state index is -0.709. The zero-order chi connectivity index (χ0) is 25.1. The van der Waals surface area contributed by atoms with E-state index >= 15 is 0 Å². The molecule has 0 fully saturated rings. The average molecular weight is 484 g/mol. The molecule has 0 saturated carbocycles. The molecule has 35 heavy (non-hydrogen) atoms. The molecule has 1 unspecified atom stereocenters. The molecule has 11 heteroatoms. The summed E-state index contributed by atoms with van der Waals surface area (Å²) in [6.07, 6.45) is 0. The number of benzene rings is 2. The lowest BCUT2D eigenvalue weighted by atomic mass is 9.94. The Bertz CT molecular complexity index is 1270. The molecule has 2 amide bonds. The number of allylic oxidation sites excluding steroid dienone is 1. The number of urea groups is 1. The predicted molar refractivity (Wildman–Crippen MR) is 123 cm³/mol. The standard InChI is InChI=1S/C24H25FN4O6/c1-13-20(23-27-22(28-35-23)15-6-7-18(33-3)16(25)11-15)21(26-24(31)29(13)9-10-32-2)14-5-8-19(34-4)17(30)12-14/h5-8,11-12,21,30H,9-10H2,1-4H3,(H,26,31). The van der Waals surface area contributed by atoms with Gasteiger partial charge >= 0.3 is 6.03 Å². The van der Waals surface area contributed by atoms with Crippen LogP contribution in [0.25, 0.3) is 17.0 Å². The van der Waals surface area contributed by atoms with E-state index in [9.17, 15) is 14.3 Å². The maximum atomic E-state index is 14.2. The minimum absolute atomic E-state index is 0.0852. The number of halogens is 1. The Balaban J connectivity index is 1.80. The number of carbonyl (C=O) groups excluding carboxylic acids is 1. The van der Waals surface area contributed by atoms with Gasteiger partial charge in [-0.1, -0.05) is 11.2 Å². The number of rotatable bonds is 8. The number of hydrogen-bond donors (Lipinski definition) is 2. The van der Waals surface area contributed by atoms with Crippen LogP contribution in [0, 0.1) is 5.82 Å². The highest BCUT2D eigenvalue weighted by atomic mass is 19.1. The summed E-state index contributed by atoms with van der Waals surface area (Å²) >= 11 is 0. The molecule has 0 bridgehead atoms. The molecule has 2 N–H and O–H groups in total. The Kier molecular flexibility index (Phi) is 6.87. The summed E-state index contributed by atoms with van der Waals surface area (Å²) in [6.45, 7) is 2.37. The lowest BCUT2D eigenvalue weighted by Gasteiger charge is -2.35. The van der Waals surface area contributed by atoms with Crippen LogP contribution in [-0.2, 0) is 4.74 Å². The normalized spacial score (nSPS) is 15.9. The topological polar surface area (TPSA) is 119 Å². The second kappa shape index (κ2) is 10.0. The number of carbonyl (C=O) groups is 1. The average Bonchev–Trinajstić information content (AvgIpc) is 3.33. The number of phenols is 1. The second-order valence-corrected chi connectivity index (χ2v) is 7.73. The Labute approximate surface area is 200 Å². The largest absolute Gasteiger partial charge is 0.504 e. The van der Waals surface area contributed by atoms with Crippen molar-refractivity contribution in [2.75, 3.05) is 34.5 Å². The molecule has 0 aliphatic carbocycles. The van der Waals surface area contributed by atoms with Crippen LogP contribution in [0.15, 0.2) is 46.6 Å². The van der Waals surface area contributed by atoms with Crippen molar-refractivity contribution >= 4 is 11.6 Å². The molecule has 0 saturated heterocycles. The van der Waals surface area contributed by atoms with Crippen molar-refractivity contribution in [1.82, 2.24) is 20.4 Å². The molecular weight excluding hydrogens is 459 g/mol. The van der Waals surface area contributed by atoms with Crippen molar-refractivity contribution < 1.29 is 33.0 Å². The van der Waals surface area contributed by atoms with Crippen molar-refractivity contribution in [2.24, 2.45) is 0 Å². The van der Waals surface area contributed by atoms with E-state index < -0.39 is 11.9 Å². The first-order valence-electron chi connectivity index (χ1n) is 10.7. The van der Waals surface area contributed by atoms with Crippen molar-refractivity contribution in [3.63, 3.8) is 0 Å². The Morgan fingerprint density at radius 3 is 2.54 bits per heavy atom. The van der Waals surface area contributed by atoms with Crippen molar-refractivity contribution in [3.8, 4) is 28.6 Å². The molecule has 2 heterocycles. The molecule has 2 aromatic carbocycles. The van der Waals surface area contributed by atoms with E-state index in [1.807, 2.05) is 0 Å². The Morgan fingerprint density at radius 2 is 1.89 bits per heavy atom. The monoisotopic (exact) mass is 484 g/mol. The summed E-state index contributed by atoms with van der Waals surface area (Å²) in [5.41, 5.74) is 2.07. The highest BCUT2D eigenvalue weighted by Gasteiger charge is 2.36. The third-order valence-electron chi connectivity index (χ3n) is 5.72. The van der Waals surface area contributed by atoms with E-state index in [0.717, 1.165) is 0 Å². The molecule has 3 aromatic rings. The van der Waals surface area contributed by atoms with Crippen molar-refractivity contribution in [3.05, 3.63) is 59.4 Å². The smallest absolute Gasteiger partial charge is 0.322 e. The number of hydrogen-bond acceptors (Lipinski definition) is 8. The third-order valence-corrected chi connectivity index (χ3v) is 5.72. The molecule has 1 atom stereocenters. The first-order chi connectivity index (χ1) is 16.9. The van der Waals surface area contributed by atoms with Crippen LogP contribution >= 0.6 is 0 Å². The van der Waals surface area contributed by atoms with Gasteiger partial charge in [0.2, 0.25) is 5.82 Å². The number of ether oxygens (including phenoxy) is 3. The fourth-order valence-corrected chi connectivity index (χ4v) is 3.90. The quantitative estimate of drug-likeness (QED) is 0.496. The second-order valence-electron chi connectivity index (χ2n) is 7.73. The molecule has 1 aromatic heterocycles. The Morgan fingerprint density at radius 1 is 1.14 bits per heavy atom. The van der Waals surface area contributed by atoms with Crippen molar-refractivity contribution in [1.29, 1.82) is 0 Å². The highest BCUT2D eigenvalue weighted by Crippen LogP contribution is 2.39. The zero-order valence-corrected chi connectivity index (χ0v) is 19.7. The summed E-state index contributed by atoms with van der Waals surface area (Å²) in [7, 11) is 4.37. The lowest BCUT2D eigenvalue weighted by molar-refractivity contribution is 0.158. The summed E-state index contributed by atoms with van der Waals surface area (Å²) in [4.78, 5) is 18.9. The van der Waals surface area contributed by atoms with Crippen LogP contribution in [0.4, 0.5) is 9.18 Å². The van der Waals surface area contributed by atoms with E-state index in [1.54, 1.807) is 32.2 Å². The van der Waals surface area contributed by atoms with Gasteiger partial charge in [0.05, 0.1) is 39.0 Å². The summed E-state index contributed by atoms with van der Waals surface area (Å²) in [5.74, 6) is 0.0441. The zero-order valence-electron chi connectivity index (χ0n) is 19.7. The van der Waals surface area contributed by atoms with Gasteiger partial charge in [-0.3, -0.25) is 4.90 Å². The van der Waals surface area contributed by atoms with Crippen molar-refractivity contribution in [2.45, 2.75) is 13.0 Å². The van der Waals surface area contributed by atoms with Crippen LogP contribution in [0.1, 0.15) is 24.4 Å². The van der Waals surface area contributed by atoms with Gasteiger partial charge in [0, 0.05) is 18.4 Å². The van der Waals surface area contributed by atoms with E-state index in [4.69, 9.17) is 18.7 Å². The number of amides is 2. The van der Waals surface area contributed by atoms with Gasteiger partial charge in [0.1, 0.15) is 0 Å². The van der Waals surface area contributed by atoms with E-state index in [2.05, 4.69) is 15.5 Å². The molecule has 1 aliphatic rings. The van der Waals surface area contributed by atoms with E-state index in [1.165, 1.54) is 37.3 Å². The number of phenolic OH excluding ortho intramolecular Hbond substituents is 1. The van der Waals surface area contributed by atoms with Crippen LogP contribution in [-0.4, -0.2) is 60.7 Å². The van der Waals surface area contributed by atoms with Gasteiger partial charge in [0.25, 0.3) is 5.89 Å². The number of nitrogens with one attached hydrogen (secondary N) is 1. The number of methoxy groups -OCH3 is 3. The first-order valence-corrected chi connectivity index (χ1v) is 10.7. The van der Waals surface area contributed by atoms with Gasteiger partial charge in [-0.25, -0.2) is 9.18 Å². The van der Waals surface area contributed by atoms with Crippen LogP contribution in [0.3, 0.4) is 0 Å². The van der Waals surface area contributed by atoms with Gasteiger partial charge < -0.3 is 29.2 Å². The fraction of sp³-hybridized carbons (Fsp3) is 0.292. The predicted octanol–water partition coefficient (Wildman–Crippen LogP) is 3.74. The van der Waals surface area contributed by atoms with Gasteiger partial charge in [-0.2, -0.15) is 4.98 Å². The van der Waals surface area contributed by atoms with E-state index in [0.29, 0.717) is 41.3 Å². The molecule has 1 aliphatic heterocycles. The highest BCUT2D eigenvalue weighted by molar-refractivity contribution is 5.87. The lowest BCUT2D eigenvalue weighted by Crippen LogP contribution is -2.47. The summed E-state index contributed by atoms with van der Waals surface area (Å²) in [5, 5.41) is 17.3.